The molecule has 0 radical (unpaired) electrons. The van der Waals surface area contributed by atoms with Gasteiger partial charge in [-0.15, -0.1) is 0 Å². The van der Waals surface area contributed by atoms with E-state index in [9.17, 15) is 0 Å². The molecule has 0 aliphatic heterocycles. The molecule has 0 spiro atoms. The molecule has 2 N–H and O–H groups in total. The van der Waals surface area contributed by atoms with Crippen LogP contribution in [0.5, 0.6) is 0 Å². The summed E-state index contributed by atoms with van der Waals surface area (Å²) in [5.74, 6) is 0. The average Bonchev–Trinajstić information content (AvgIpc) is 2.29. The standard InChI is InChI=1S/C8H9N3S/c1-4-3-5(2)9-7-6(4)10-8(12)11-7/h3H,1-2H3,(H2,9,10,11,12). The summed E-state index contributed by atoms with van der Waals surface area (Å²) in [6.45, 7) is 4.01. The minimum atomic E-state index is 0.631. The number of pyridine rings is 1. The van der Waals surface area contributed by atoms with Crippen LogP contribution >= 0.6 is 12.2 Å². The van der Waals surface area contributed by atoms with E-state index in [2.05, 4.69) is 15.0 Å². The molecule has 0 aromatic carbocycles. The van der Waals surface area contributed by atoms with Crippen LogP contribution in [0.25, 0.3) is 11.2 Å². The summed E-state index contributed by atoms with van der Waals surface area (Å²) in [6.07, 6.45) is 0. The maximum atomic E-state index is 4.96. The normalized spacial score (nSPS) is 10.8. The van der Waals surface area contributed by atoms with Crippen molar-refractivity contribution in [3.8, 4) is 0 Å². The Hall–Kier alpha value is -1.16. The summed E-state index contributed by atoms with van der Waals surface area (Å²) in [5.41, 5.74) is 4.03. The highest BCUT2D eigenvalue weighted by Gasteiger charge is 2.01. The molecule has 0 saturated carbocycles. The Balaban J connectivity index is 2.97. The third kappa shape index (κ3) is 1.04. The third-order valence-electron chi connectivity index (χ3n) is 1.82. The Morgan fingerprint density at radius 2 is 2.08 bits per heavy atom. The molecule has 0 saturated heterocycles. The Labute approximate surface area is 74.9 Å². The van der Waals surface area contributed by atoms with Crippen molar-refractivity contribution in [3.05, 3.63) is 22.1 Å². The molecule has 0 atom stereocenters. The Bertz CT molecular complexity index is 480. The fourth-order valence-corrected chi connectivity index (χ4v) is 1.54. The van der Waals surface area contributed by atoms with E-state index in [4.69, 9.17) is 12.2 Å². The van der Waals surface area contributed by atoms with Gasteiger partial charge in [0.05, 0.1) is 5.52 Å². The van der Waals surface area contributed by atoms with Gasteiger partial charge in [-0.3, -0.25) is 0 Å². The molecule has 2 heterocycles. The van der Waals surface area contributed by atoms with Crippen molar-refractivity contribution in [1.29, 1.82) is 0 Å². The molecule has 0 aliphatic carbocycles. The van der Waals surface area contributed by atoms with Crippen molar-refractivity contribution < 1.29 is 0 Å². The van der Waals surface area contributed by atoms with E-state index < -0.39 is 0 Å². The van der Waals surface area contributed by atoms with Crippen LogP contribution in [0, 0.1) is 18.6 Å². The van der Waals surface area contributed by atoms with Crippen molar-refractivity contribution in [1.82, 2.24) is 15.0 Å². The molecular formula is C8H9N3S. The van der Waals surface area contributed by atoms with Crippen molar-refractivity contribution in [2.75, 3.05) is 0 Å². The zero-order valence-electron chi connectivity index (χ0n) is 6.93. The molecule has 0 aliphatic rings. The first-order valence-corrected chi connectivity index (χ1v) is 4.14. The monoisotopic (exact) mass is 179 g/mol. The van der Waals surface area contributed by atoms with Gasteiger partial charge in [0.15, 0.2) is 10.4 Å². The smallest absolute Gasteiger partial charge is 0.176 e. The Morgan fingerprint density at radius 1 is 1.33 bits per heavy atom. The Kier molecular flexibility index (Phi) is 1.51. The van der Waals surface area contributed by atoms with Crippen LogP contribution in [0.2, 0.25) is 0 Å². The van der Waals surface area contributed by atoms with Crippen LogP contribution in [0.4, 0.5) is 0 Å². The number of H-pyrrole nitrogens is 2. The molecule has 3 nitrogen and oxygen atoms in total. The second-order valence-electron chi connectivity index (χ2n) is 2.88. The molecule has 0 unspecified atom stereocenters. The lowest BCUT2D eigenvalue weighted by Crippen LogP contribution is -1.85. The molecule has 4 heteroatoms. The number of imidazole rings is 1. The summed E-state index contributed by atoms with van der Waals surface area (Å²) in [5, 5.41) is 0. The minimum absolute atomic E-state index is 0.631. The van der Waals surface area contributed by atoms with Gasteiger partial charge in [-0.2, -0.15) is 0 Å². The van der Waals surface area contributed by atoms with E-state index >= 15 is 0 Å². The number of hydrogen-bond acceptors (Lipinski definition) is 2. The maximum absolute atomic E-state index is 4.96. The summed E-state index contributed by atoms with van der Waals surface area (Å²) in [7, 11) is 0. The molecule has 0 amide bonds. The zero-order chi connectivity index (χ0) is 8.72. The number of rotatable bonds is 0. The van der Waals surface area contributed by atoms with Crippen LogP contribution in [0.1, 0.15) is 11.3 Å². The van der Waals surface area contributed by atoms with E-state index in [0.717, 1.165) is 16.9 Å². The van der Waals surface area contributed by atoms with E-state index in [0.29, 0.717) is 4.77 Å². The average molecular weight is 179 g/mol. The highest BCUT2D eigenvalue weighted by Crippen LogP contribution is 2.13. The van der Waals surface area contributed by atoms with Crippen molar-refractivity contribution >= 4 is 23.4 Å². The fraction of sp³-hybridized carbons (Fsp3) is 0.250. The molecule has 12 heavy (non-hydrogen) atoms. The highest BCUT2D eigenvalue weighted by atomic mass is 32.1. The number of aromatic amines is 2. The van der Waals surface area contributed by atoms with Crippen molar-refractivity contribution in [2.45, 2.75) is 13.8 Å². The van der Waals surface area contributed by atoms with Gasteiger partial charge in [0.1, 0.15) is 0 Å². The van der Waals surface area contributed by atoms with E-state index in [-0.39, 0.29) is 0 Å². The number of nitrogens with one attached hydrogen (secondary N) is 2. The van der Waals surface area contributed by atoms with Crippen molar-refractivity contribution in [3.63, 3.8) is 0 Å². The predicted molar refractivity (Wildman–Crippen MR) is 50.8 cm³/mol. The van der Waals surface area contributed by atoms with Crippen LogP contribution < -0.4 is 0 Å². The summed E-state index contributed by atoms with van der Waals surface area (Å²) in [4.78, 5) is 10.3. The number of fused-ring (bicyclic) bond motifs is 1. The number of aromatic nitrogens is 3. The SMILES string of the molecule is Cc1cc(C)c2[nH]c(=S)[nH]c2n1. The summed E-state index contributed by atoms with van der Waals surface area (Å²) < 4.78 is 0.631. The minimum Gasteiger partial charge on any atom is -0.329 e. The molecule has 2 aromatic rings. The fourth-order valence-electron chi connectivity index (χ4n) is 1.34. The van der Waals surface area contributed by atoms with Gasteiger partial charge in [-0.05, 0) is 37.7 Å². The lowest BCUT2D eigenvalue weighted by atomic mass is 10.2. The van der Waals surface area contributed by atoms with Gasteiger partial charge in [-0.25, -0.2) is 4.98 Å². The van der Waals surface area contributed by atoms with Gasteiger partial charge < -0.3 is 9.97 Å². The quantitative estimate of drug-likeness (QED) is 0.609. The largest absolute Gasteiger partial charge is 0.329 e. The van der Waals surface area contributed by atoms with Gasteiger partial charge in [0, 0.05) is 5.69 Å². The van der Waals surface area contributed by atoms with Gasteiger partial charge in [-0.1, -0.05) is 0 Å². The van der Waals surface area contributed by atoms with Gasteiger partial charge in [0.25, 0.3) is 0 Å². The summed E-state index contributed by atoms with van der Waals surface area (Å²) >= 11 is 4.96. The second kappa shape index (κ2) is 2.42. The van der Waals surface area contributed by atoms with E-state index in [1.54, 1.807) is 0 Å². The maximum Gasteiger partial charge on any atom is 0.176 e. The Morgan fingerprint density at radius 3 is 2.83 bits per heavy atom. The molecular weight excluding hydrogens is 170 g/mol. The van der Waals surface area contributed by atoms with Gasteiger partial charge in [0.2, 0.25) is 0 Å². The lowest BCUT2D eigenvalue weighted by molar-refractivity contribution is 1.20. The first-order valence-electron chi connectivity index (χ1n) is 3.73. The number of hydrogen-bond donors (Lipinski definition) is 2. The highest BCUT2D eigenvalue weighted by molar-refractivity contribution is 7.71. The van der Waals surface area contributed by atoms with Crippen LogP contribution in [0.15, 0.2) is 6.07 Å². The number of aryl methyl sites for hydroxylation is 2. The molecule has 2 rings (SSSR count). The number of nitrogens with zero attached hydrogens (tertiary/aromatic N) is 1. The topological polar surface area (TPSA) is 44.5 Å². The molecule has 2 aromatic heterocycles. The van der Waals surface area contributed by atoms with Crippen molar-refractivity contribution in [2.24, 2.45) is 0 Å². The summed E-state index contributed by atoms with van der Waals surface area (Å²) in [6, 6.07) is 2.03. The van der Waals surface area contributed by atoms with Crippen LogP contribution in [0.3, 0.4) is 0 Å². The molecule has 0 bridgehead atoms. The third-order valence-corrected chi connectivity index (χ3v) is 2.02. The molecule has 62 valence electrons. The van der Waals surface area contributed by atoms with Gasteiger partial charge >= 0.3 is 0 Å². The predicted octanol–water partition coefficient (Wildman–Crippen LogP) is 2.24. The lowest BCUT2D eigenvalue weighted by Gasteiger charge is -1.95. The molecule has 0 fully saturated rings. The first kappa shape index (κ1) is 7.49. The van der Waals surface area contributed by atoms with E-state index in [1.807, 2.05) is 19.9 Å². The van der Waals surface area contributed by atoms with Crippen LogP contribution in [-0.2, 0) is 0 Å². The second-order valence-corrected chi connectivity index (χ2v) is 3.29. The zero-order valence-corrected chi connectivity index (χ0v) is 7.75. The van der Waals surface area contributed by atoms with E-state index in [1.165, 1.54) is 5.56 Å². The first-order chi connectivity index (χ1) is 5.66. The van der Waals surface area contributed by atoms with Crippen LogP contribution in [-0.4, -0.2) is 15.0 Å².